The number of carbonyl (C=O) groups excluding carboxylic acids is 1. The van der Waals surface area contributed by atoms with E-state index in [0.717, 1.165) is 0 Å². The predicted octanol–water partition coefficient (Wildman–Crippen LogP) is 2.17. The molecule has 12 heteroatoms. The summed E-state index contributed by atoms with van der Waals surface area (Å²) in [4.78, 5) is 12.7. The summed E-state index contributed by atoms with van der Waals surface area (Å²) in [6, 6.07) is 4.13. The molecule has 0 saturated carbocycles. The van der Waals surface area contributed by atoms with Gasteiger partial charge in [0.25, 0.3) is 0 Å². The van der Waals surface area contributed by atoms with Crippen molar-refractivity contribution in [3.63, 3.8) is 0 Å². The second-order valence-corrected chi connectivity index (χ2v) is 6.60. The zero-order valence-electron chi connectivity index (χ0n) is 16.2. The van der Waals surface area contributed by atoms with Crippen molar-refractivity contribution in [2.24, 2.45) is 0 Å². The van der Waals surface area contributed by atoms with Crippen molar-refractivity contribution in [1.82, 2.24) is 0 Å². The summed E-state index contributed by atoms with van der Waals surface area (Å²) in [5.41, 5.74) is -6.21. The van der Waals surface area contributed by atoms with Crippen molar-refractivity contribution in [2.45, 2.75) is 12.4 Å². The number of rotatable bonds is 6. The number of hydrogen-bond acceptors (Lipinski definition) is 4. The Balaban J connectivity index is 0.00000450. The SMILES string of the molecule is COc1cc(OC)c([P-]C(=O)c2c(C(F)(F)F)cccc2C(F)(F)F)c(OC)c1.[Li+]. The first kappa shape index (κ1) is 26.2. The number of benzene rings is 2. The van der Waals surface area contributed by atoms with E-state index < -0.39 is 43.1 Å². The van der Waals surface area contributed by atoms with Gasteiger partial charge in [-0.15, -0.1) is 5.30 Å². The van der Waals surface area contributed by atoms with Crippen LogP contribution in [0.1, 0.15) is 21.5 Å². The van der Waals surface area contributed by atoms with Crippen molar-refractivity contribution in [2.75, 3.05) is 21.3 Å². The molecule has 0 aliphatic heterocycles. The molecule has 0 fully saturated rings. The molecule has 30 heavy (non-hydrogen) atoms. The quantitative estimate of drug-likeness (QED) is 0.388. The normalized spacial score (nSPS) is 11.9. The molecule has 0 radical (unpaired) electrons. The molecule has 2 rings (SSSR count). The molecule has 0 heterocycles. The first-order chi connectivity index (χ1) is 13.4. The third-order valence-electron chi connectivity index (χ3n) is 3.79. The average molecular weight is 446 g/mol. The standard InChI is InChI=1S/C18H14F6O4P.Li/c1-26-9-7-12(27-2)15(13(8-9)28-3)29-16(25)14-10(17(19,20)21)5-4-6-11(14)18(22,23)24;/h4-8H,1-3H3;/q-1;+1. The van der Waals surface area contributed by atoms with Gasteiger partial charge in [0.2, 0.25) is 0 Å². The van der Waals surface area contributed by atoms with Gasteiger partial charge in [0.1, 0.15) is 5.75 Å². The second-order valence-electron chi connectivity index (χ2n) is 5.52. The van der Waals surface area contributed by atoms with Crippen LogP contribution in [-0.4, -0.2) is 26.9 Å². The first-order valence-electron chi connectivity index (χ1n) is 7.77. The van der Waals surface area contributed by atoms with Gasteiger partial charge in [-0.2, -0.15) is 26.3 Å². The fourth-order valence-electron chi connectivity index (χ4n) is 2.51. The van der Waals surface area contributed by atoms with Crippen molar-refractivity contribution < 1.29 is 64.2 Å². The van der Waals surface area contributed by atoms with Crippen LogP contribution >= 0.6 is 8.58 Å². The second kappa shape index (κ2) is 9.95. The van der Waals surface area contributed by atoms with E-state index in [-0.39, 0.29) is 41.4 Å². The summed E-state index contributed by atoms with van der Waals surface area (Å²) in [5, 5.41) is -0.0362. The molecule has 0 aromatic heterocycles. The fraction of sp³-hybridized carbons (Fsp3) is 0.278. The summed E-state index contributed by atoms with van der Waals surface area (Å²) in [7, 11) is 3.29. The minimum absolute atomic E-state index is 0. The van der Waals surface area contributed by atoms with E-state index in [9.17, 15) is 31.1 Å². The smallest absolute Gasteiger partial charge is 0.499 e. The minimum atomic E-state index is -5.16. The van der Waals surface area contributed by atoms with Crippen LogP contribution in [0, 0.1) is 0 Å². The first-order valence-corrected chi connectivity index (χ1v) is 8.67. The van der Waals surface area contributed by atoms with Crippen molar-refractivity contribution in [3.8, 4) is 17.2 Å². The monoisotopic (exact) mass is 446 g/mol. The Morgan fingerprint density at radius 1 is 0.833 bits per heavy atom. The van der Waals surface area contributed by atoms with E-state index >= 15 is 0 Å². The molecule has 0 amide bonds. The van der Waals surface area contributed by atoms with Crippen LogP contribution in [-0.2, 0) is 12.4 Å². The Kier molecular flexibility index (Phi) is 8.67. The third kappa shape index (κ3) is 5.63. The van der Waals surface area contributed by atoms with E-state index in [1.54, 1.807) is 0 Å². The molecule has 2 aromatic rings. The topological polar surface area (TPSA) is 44.8 Å². The maximum absolute atomic E-state index is 13.3. The summed E-state index contributed by atoms with van der Waals surface area (Å²) >= 11 is 0. The van der Waals surface area contributed by atoms with Crippen LogP contribution in [0.15, 0.2) is 30.3 Å². The van der Waals surface area contributed by atoms with Crippen LogP contribution in [0.4, 0.5) is 26.3 Å². The van der Waals surface area contributed by atoms with Crippen LogP contribution in [0.25, 0.3) is 0 Å². The van der Waals surface area contributed by atoms with E-state index in [0.29, 0.717) is 18.2 Å². The van der Waals surface area contributed by atoms with Gasteiger partial charge >= 0.3 is 31.2 Å². The molecule has 0 aliphatic rings. The van der Waals surface area contributed by atoms with Gasteiger partial charge in [-0.25, -0.2) is 0 Å². The van der Waals surface area contributed by atoms with Gasteiger partial charge in [0.15, 0.2) is 0 Å². The zero-order valence-corrected chi connectivity index (χ0v) is 17.1. The molecule has 0 saturated heterocycles. The van der Waals surface area contributed by atoms with E-state index in [1.807, 2.05) is 0 Å². The Hall–Kier alpha value is -1.88. The Morgan fingerprint density at radius 2 is 1.27 bits per heavy atom. The van der Waals surface area contributed by atoms with Crippen LogP contribution < -0.4 is 38.4 Å². The molecule has 0 atom stereocenters. The van der Waals surface area contributed by atoms with Crippen molar-refractivity contribution >= 4 is 19.4 Å². The van der Waals surface area contributed by atoms with E-state index in [4.69, 9.17) is 14.2 Å². The number of carbonyl (C=O) groups is 1. The molecule has 0 unspecified atom stereocenters. The van der Waals surface area contributed by atoms with E-state index in [2.05, 4.69) is 0 Å². The van der Waals surface area contributed by atoms with Crippen LogP contribution in [0.2, 0.25) is 0 Å². The summed E-state index contributed by atoms with van der Waals surface area (Å²) in [6.07, 6.45) is -10.3. The summed E-state index contributed by atoms with van der Waals surface area (Å²) < 4.78 is 95.1. The molecular weight excluding hydrogens is 432 g/mol. The van der Waals surface area contributed by atoms with Gasteiger partial charge < -0.3 is 27.6 Å². The van der Waals surface area contributed by atoms with Crippen molar-refractivity contribution in [3.05, 3.63) is 47.0 Å². The van der Waals surface area contributed by atoms with Crippen LogP contribution in [0.3, 0.4) is 0 Å². The van der Waals surface area contributed by atoms with Gasteiger partial charge in [-0.3, -0.25) is 0 Å². The summed E-state index contributed by atoms with van der Waals surface area (Å²) in [6.45, 7) is 0. The summed E-state index contributed by atoms with van der Waals surface area (Å²) in [5.74, 6) is 0.278. The number of alkyl halides is 6. The van der Waals surface area contributed by atoms with Gasteiger partial charge in [0, 0.05) is 23.2 Å². The largest absolute Gasteiger partial charge is 1.00 e. The molecule has 4 nitrogen and oxygen atoms in total. The Bertz CT molecular complexity index is 857. The number of hydrogen-bond donors (Lipinski definition) is 0. The van der Waals surface area contributed by atoms with Gasteiger partial charge in [0.05, 0.1) is 44.0 Å². The average Bonchev–Trinajstić information content (AvgIpc) is 2.65. The zero-order chi connectivity index (χ0) is 22.0. The molecule has 0 N–H and O–H groups in total. The number of methoxy groups -OCH3 is 3. The molecule has 0 bridgehead atoms. The van der Waals surface area contributed by atoms with E-state index in [1.165, 1.54) is 33.5 Å². The molecule has 158 valence electrons. The fourth-order valence-corrected chi connectivity index (χ4v) is 3.60. The number of halogens is 6. The minimum Gasteiger partial charge on any atom is -0.499 e. The maximum atomic E-state index is 13.3. The predicted molar refractivity (Wildman–Crippen MR) is 93.4 cm³/mol. The molecule has 2 aromatic carbocycles. The molecule has 0 aliphatic carbocycles. The van der Waals surface area contributed by atoms with Gasteiger partial charge in [-0.05, 0) is 12.1 Å². The Labute approximate surface area is 181 Å². The van der Waals surface area contributed by atoms with Gasteiger partial charge in [-0.1, -0.05) is 6.07 Å². The molecular formula is C18H14F6LiO4P. The molecule has 0 spiro atoms. The maximum Gasteiger partial charge on any atom is 1.00 e. The van der Waals surface area contributed by atoms with Crippen molar-refractivity contribution in [1.29, 1.82) is 0 Å². The number of ether oxygens (including phenoxy) is 3. The van der Waals surface area contributed by atoms with Crippen LogP contribution in [0.5, 0.6) is 17.2 Å². The third-order valence-corrected chi connectivity index (χ3v) is 4.88. The Morgan fingerprint density at radius 3 is 1.60 bits per heavy atom.